The number of aromatic nitrogens is 2. The van der Waals surface area contributed by atoms with E-state index >= 15 is 0 Å². The van der Waals surface area contributed by atoms with Gasteiger partial charge in [0.05, 0.1) is 22.0 Å². The number of nitrogens with one attached hydrogen (secondary N) is 1. The van der Waals surface area contributed by atoms with Crippen LogP contribution in [0.3, 0.4) is 0 Å². The molecule has 0 aliphatic heterocycles. The summed E-state index contributed by atoms with van der Waals surface area (Å²) in [5.74, 6) is -0.415. The van der Waals surface area contributed by atoms with Crippen LogP contribution in [0.25, 0.3) is 6.08 Å². The first kappa shape index (κ1) is 18.5. The number of halogens is 1. The molecule has 0 aliphatic carbocycles. The molecule has 0 aliphatic rings. The normalized spacial score (nSPS) is 10.9. The lowest BCUT2D eigenvalue weighted by atomic mass is 10.2. The molecular weight excluding hydrogens is 344 g/mol. The molecule has 1 aromatic carbocycles. The van der Waals surface area contributed by atoms with Crippen LogP contribution < -0.4 is 21.5 Å². The van der Waals surface area contributed by atoms with E-state index in [9.17, 15) is 14.4 Å². The van der Waals surface area contributed by atoms with Gasteiger partial charge in [0.2, 0.25) is 5.91 Å². The average molecular weight is 363 g/mol. The quantitative estimate of drug-likeness (QED) is 0.835. The van der Waals surface area contributed by atoms with Gasteiger partial charge in [0.25, 0.3) is 5.56 Å². The molecule has 1 aromatic heterocycles. The van der Waals surface area contributed by atoms with E-state index < -0.39 is 17.2 Å². The van der Waals surface area contributed by atoms with Crippen LogP contribution in [-0.2, 0) is 18.9 Å². The molecule has 0 radical (unpaired) electrons. The zero-order chi connectivity index (χ0) is 18.7. The lowest BCUT2D eigenvalue weighted by Crippen LogP contribution is -2.37. The molecule has 132 valence electrons. The second-order valence-electron chi connectivity index (χ2n) is 5.70. The van der Waals surface area contributed by atoms with Gasteiger partial charge < -0.3 is 14.8 Å². The van der Waals surface area contributed by atoms with Crippen molar-refractivity contribution in [3.8, 4) is 0 Å². The maximum absolute atomic E-state index is 12.2. The lowest BCUT2D eigenvalue weighted by molar-refractivity contribution is -0.111. The minimum Gasteiger partial charge on any atom is -0.375 e. The average Bonchev–Trinajstić information content (AvgIpc) is 2.54. The lowest BCUT2D eigenvalue weighted by Gasteiger charge is -2.18. The van der Waals surface area contributed by atoms with Crippen molar-refractivity contribution in [3.63, 3.8) is 0 Å². The summed E-state index contributed by atoms with van der Waals surface area (Å²) < 4.78 is 2.26. The number of rotatable bonds is 4. The standard InChI is InChI=1S/C17H19ClN4O3/c1-20(2)15-12(18)6-5-7-13(15)19-14(23)9-8-11-10-21(3)17(25)22(4)16(11)24/h5-10H,1-4H3,(H,19,23)/b9-8+. The molecule has 1 amide bonds. The molecule has 0 spiro atoms. The van der Waals surface area contributed by atoms with Crippen molar-refractivity contribution in [2.24, 2.45) is 14.1 Å². The third-order valence-corrected chi connectivity index (χ3v) is 3.88. The maximum Gasteiger partial charge on any atom is 0.330 e. The first-order chi connectivity index (χ1) is 11.7. The first-order valence-electron chi connectivity index (χ1n) is 7.44. The van der Waals surface area contributed by atoms with Crippen molar-refractivity contribution in [1.82, 2.24) is 9.13 Å². The highest BCUT2D eigenvalue weighted by Gasteiger charge is 2.11. The topological polar surface area (TPSA) is 76.3 Å². The Morgan fingerprint density at radius 1 is 1.24 bits per heavy atom. The number of nitrogens with zero attached hydrogens (tertiary/aromatic N) is 3. The first-order valence-corrected chi connectivity index (χ1v) is 7.81. The number of aryl methyl sites for hydroxylation is 1. The molecule has 2 rings (SSSR count). The summed E-state index contributed by atoms with van der Waals surface area (Å²) in [6.07, 6.45) is 4.00. The zero-order valence-corrected chi connectivity index (χ0v) is 15.2. The van der Waals surface area contributed by atoms with Gasteiger partial charge in [-0.25, -0.2) is 4.79 Å². The molecular formula is C17H19ClN4O3. The molecule has 1 N–H and O–H groups in total. The summed E-state index contributed by atoms with van der Waals surface area (Å²) >= 11 is 6.16. The molecule has 0 unspecified atom stereocenters. The second-order valence-corrected chi connectivity index (χ2v) is 6.10. The van der Waals surface area contributed by atoms with Crippen LogP contribution in [0.15, 0.2) is 40.1 Å². The van der Waals surface area contributed by atoms with Crippen LogP contribution in [0, 0.1) is 0 Å². The van der Waals surface area contributed by atoms with Gasteiger partial charge in [-0.2, -0.15) is 0 Å². The van der Waals surface area contributed by atoms with Crippen molar-refractivity contribution in [1.29, 1.82) is 0 Å². The number of para-hydroxylation sites is 1. The van der Waals surface area contributed by atoms with Crippen molar-refractivity contribution in [2.75, 3.05) is 24.3 Å². The van der Waals surface area contributed by atoms with Gasteiger partial charge in [-0.15, -0.1) is 0 Å². The van der Waals surface area contributed by atoms with Gasteiger partial charge in [0, 0.05) is 40.5 Å². The highest BCUT2D eigenvalue weighted by molar-refractivity contribution is 6.34. The predicted octanol–water partition coefficient (Wildman–Crippen LogP) is 1.46. The molecule has 0 atom stereocenters. The fourth-order valence-corrected chi connectivity index (χ4v) is 2.70. The fourth-order valence-electron chi connectivity index (χ4n) is 2.36. The van der Waals surface area contributed by atoms with Gasteiger partial charge in [0.1, 0.15) is 0 Å². The third-order valence-electron chi connectivity index (χ3n) is 3.58. The summed E-state index contributed by atoms with van der Waals surface area (Å²) in [4.78, 5) is 37.7. The Balaban J connectivity index is 2.28. The van der Waals surface area contributed by atoms with Gasteiger partial charge in [-0.1, -0.05) is 17.7 Å². The fraction of sp³-hybridized carbons (Fsp3) is 0.235. The zero-order valence-electron chi connectivity index (χ0n) is 14.4. The predicted molar refractivity (Wildman–Crippen MR) is 100 cm³/mol. The SMILES string of the molecule is CN(C)c1c(Cl)cccc1NC(=O)/C=C/c1cn(C)c(=O)n(C)c1=O. The van der Waals surface area contributed by atoms with Gasteiger partial charge >= 0.3 is 5.69 Å². The molecule has 0 saturated carbocycles. The number of anilines is 2. The molecule has 0 fully saturated rings. The molecule has 25 heavy (non-hydrogen) atoms. The summed E-state index contributed by atoms with van der Waals surface area (Å²) in [5.41, 5.74) is 0.577. The van der Waals surface area contributed by atoms with E-state index in [0.29, 0.717) is 16.4 Å². The summed E-state index contributed by atoms with van der Waals surface area (Å²) in [5, 5.41) is 3.25. The van der Waals surface area contributed by atoms with Crippen molar-refractivity contribution in [3.05, 3.63) is 61.9 Å². The van der Waals surface area contributed by atoms with Crippen LogP contribution >= 0.6 is 11.6 Å². The van der Waals surface area contributed by atoms with Crippen LogP contribution in [0.2, 0.25) is 5.02 Å². The Labute approximate surface area is 149 Å². The number of amides is 1. The molecule has 0 bridgehead atoms. The van der Waals surface area contributed by atoms with E-state index in [-0.39, 0.29) is 5.56 Å². The third kappa shape index (κ3) is 4.00. The summed E-state index contributed by atoms with van der Waals surface area (Å²) in [6.45, 7) is 0. The van der Waals surface area contributed by atoms with Crippen LogP contribution in [0.5, 0.6) is 0 Å². The van der Waals surface area contributed by atoms with Gasteiger partial charge in [-0.05, 0) is 18.2 Å². The Kier molecular flexibility index (Phi) is 5.48. The maximum atomic E-state index is 12.2. The Hall–Kier alpha value is -2.80. The van der Waals surface area contributed by atoms with E-state index in [4.69, 9.17) is 11.6 Å². The van der Waals surface area contributed by atoms with Crippen molar-refractivity contribution >= 4 is 35.0 Å². The largest absolute Gasteiger partial charge is 0.375 e. The molecule has 2 aromatic rings. The minimum absolute atomic E-state index is 0.235. The van der Waals surface area contributed by atoms with E-state index in [0.717, 1.165) is 4.57 Å². The number of hydrogen-bond donors (Lipinski definition) is 1. The van der Waals surface area contributed by atoms with E-state index in [1.54, 1.807) is 23.1 Å². The summed E-state index contributed by atoms with van der Waals surface area (Å²) in [7, 11) is 6.56. The van der Waals surface area contributed by atoms with Crippen molar-refractivity contribution in [2.45, 2.75) is 0 Å². The Morgan fingerprint density at radius 3 is 2.56 bits per heavy atom. The van der Waals surface area contributed by atoms with Gasteiger partial charge in [-0.3, -0.25) is 14.2 Å². The minimum atomic E-state index is -0.469. The Morgan fingerprint density at radius 2 is 1.92 bits per heavy atom. The molecule has 0 saturated heterocycles. The monoisotopic (exact) mass is 362 g/mol. The molecule has 7 nitrogen and oxygen atoms in total. The molecule has 8 heteroatoms. The van der Waals surface area contributed by atoms with Crippen LogP contribution in [0.4, 0.5) is 11.4 Å². The van der Waals surface area contributed by atoms with Crippen LogP contribution in [0.1, 0.15) is 5.56 Å². The number of carbonyl (C=O) groups excluding carboxylic acids is 1. The highest BCUT2D eigenvalue weighted by atomic mass is 35.5. The number of carbonyl (C=O) groups is 1. The number of benzene rings is 1. The summed E-state index contributed by atoms with van der Waals surface area (Å²) in [6, 6.07) is 5.20. The van der Waals surface area contributed by atoms with E-state index in [2.05, 4.69) is 5.32 Å². The number of hydrogen-bond acceptors (Lipinski definition) is 4. The highest BCUT2D eigenvalue weighted by Crippen LogP contribution is 2.32. The Bertz CT molecular complexity index is 957. The van der Waals surface area contributed by atoms with E-state index in [1.165, 1.54) is 37.0 Å². The molecule has 1 heterocycles. The van der Waals surface area contributed by atoms with E-state index in [1.807, 2.05) is 14.1 Å². The smallest absolute Gasteiger partial charge is 0.330 e. The van der Waals surface area contributed by atoms with Gasteiger partial charge in [0.15, 0.2) is 0 Å². The van der Waals surface area contributed by atoms with Crippen molar-refractivity contribution < 1.29 is 4.79 Å². The van der Waals surface area contributed by atoms with Crippen LogP contribution in [-0.4, -0.2) is 29.1 Å². The second kappa shape index (κ2) is 7.40.